The summed E-state index contributed by atoms with van der Waals surface area (Å²) < 4.78 is 0. The van der Waals surface area contributed by atoms with Crippen LogP contribution in [-0.4, -0.2) is 34.8 Å². The zero-order valence-corrected chi connectivity index (χ0v) is 12.5. The third-order valence-electron chi connectivity index (χ3n) is 3.10. The molecule has 2 amide bonds. The number of rotatable bonds is 3. The van der Waals surface area contributed by atoms with Gasteiger partial charge in [0.25, 0.3) is 0 Å². The van der Waals surface area contributed by atoms with Crippen LogP contribution < -0.4 is 5.32 Å². The number of carbonyl (C=O) groups is 2. The minimum atomic E-state index is -0.405. The zero-order valence-electron chi connectivity index (χ0n) is 11.7. The summed E-state index contributed by atoms with van der Waals surface area (Å²) in [6.45, 7) is 6.88. The Morgan fingerprint density at radius 2 is 2.16 bits per heavy atom. The van der Waals surface area contributed by atoms with Gasteiger partial charge in [0.05, 0.1) is 23.2 Å². The molecule has 1 saturated heterocycles. The number of hydrogen-bond donors (Lipinski definition) is 1. The van der Waals surface area contributed by atoms with Gasteiger partial charge in [-0.15, -0.1) is 11.3 Å². The van der Waals surface area contributed by atoms with Crippen molar-refractivity contribution >= 4 is 23.2 Å². The number of likely N-dealkylation sites (tertiary alicyclic amines) is 1. The Hall–Kier alpha value is -1.27. The molecule has 1 N–H and O–H groups in total. The third kappa shape index (κ3) is 3.01. The summed E-state index contributed by atoms with van der Waals surface area (Å²) in [5, 5.41) is 6.18. The highest BCUT2D eigenvalue weighted by Gasteiger charge is 2.35. The van der Waals surface area contributed by atoms with Gasteiger partial charge in [0.2, 0.25) is 11.8 Å². The SMILES string of the molecule is CN1C(=O)CC(NCc2csc(C(C)(C)C)n2)C1=O. The van der Waals surface area contributed by atoms with E-state index in [2.05, 4.69) is 31.1 Å². The molecular formula is C13H19N3O2S. The van der Waals surface area contributed by atoms with E-state index < -0.39 is 6.04 Å². The van der Waals surface area contributed by atoms with Crippen LogP contribution in [0.5, 0.6) is 0 Å². The Morgan fingerprint density at radius 1 is 1.47 bits per heavy atom. The fraction of sp³-hybridized carbons (Fsp3) is 0.615. The van der Waals surface area contributed by atoms with Crippen molar-refractivity contribution in [1.82, 2.24) is 15.2 Å². The van der Waals surface area contributed by atoms with Crippen LogP contribution in [-0.2, 0) is 21.5 Å². The van der Waals surface area contributed by atoms with Gasteiger partial charge in [-0.25, -0.2) is 4.98 Å². The summed E-state index contributed by atoms with van der Waals surface area (Å²) in [6, 6.07) is -0.405. The molecule has 0 saturated carbocycles. The summed E-state index contributed by atoms with van der Waals surface area (Å²) in [7, 11) is 1.52. The van der Waals surface area contributed by atoms with Crippen molar-refractivity contribution in [3.63, 3.8) is 0 Å². The highest BCUT2D eigenvalue weighted by Crippen LogP contribution is 2.25. The van der Waals surface area contributed by atoms with Crippen LogP contribution in [0.15, 0.2) is 5.38 Å². The van der Waals surface area contributed by atoms with E-state index in [0.29, 0.717) is 6.54 Å². The standard InChI is InChI=1S/C13H19N3O2S/c1-13(2,3)12-15-8(7-19-12)6-14-9-5-10(17)16(4)11(9)18/h7,9,14H,5-6H2,1-4H3. The molecule has 0 bridgehead atoms. The number of carbonyl (C=O) groups excluding carboxylic acids is 2. The van der Waals surface area contributed by atoms with Crippen molar-refractivity contribution < 1.29 is 9.59 Å². The topological polar surface area (TPSA) is 62.3 Å². The first-order valence-corrected chi connectivity index (χ1v) is 7.15. The quantitative estimate of drug-likeness (QED) is 0.848. The largest absolute Gasteiger partial charge is 0.300 e. The summed E-state index contributed by atoms with van der Waals surface area (Å²) in [6.07, 6.45) is 0.242. The molecule has 1 aromatic heterocycles. The number of thiazole rings is 1. The monoisotopic (exact) mass is 281 g/mol. The molecule has 0 spiro atoms. The molecule has 104 valence electrons. The maximum Gasteiger partial charge on any atom is 0.246 e. The molecule has 0 radical (unpaired) electrons. The van der Waals surface area contributed by atoms with Crippen molar-refractivity contribution in [3.05, 3.63) is 16.1 Å². The number of likely N-dealkylation sites (N-methyl/N-ethyl adjacent to an activating group) is 1. The van der Waals surface area contributed by atoms with Gasteiger partial charge in [0, 0.05) is 24.4 Å². The summed E-state index contributed by atoms with van der Waals surface area (Å²) >= 11 is 1.63. The average Bonchev–Trinajstić information content (AvgIpc) is 2.88. The van der Waals surface area contributed by atoms with Crippen LogP contribution in [0, 0.1) is 0 Å². The molecular weight excluding hydrogens is 262 g/mol. The van der Waals surface area contributed by atoms with Crippen molar-refractivity contribution in [2.45, 2.75) is 45.2 Å². The minimum absolute atomic E-state index is 0.0439. The number of amides is 2. The number of aromatic nitrogens is 1. The Labute approximate surface area is 117 Å². The molecule has 2 heterocycles. The molecule has 1 unspecified atom stereocenters. The van der Waals surface area contributed by atoms with E-state index in [1.165, 1.54) is 11.9 Å². The zero-order chi connectivity index (χ0) is 14.2. The smallest absolute Gasteiger partial charge is 0.246 e. The normalized spacial score (nSPS) is 20.4. The molecule has 1 aliphatic rings. The molecule has 2 rings (SSSR count). The van der Waals surface area contributed by atoms with Gasteiger partial charge < -0.3 is 0 Å². The lowest BCUT2D eigenvalue weighted by Crippen LogP contribution is -2.36. The number of imide groups is 1. The Balaban J connectivity index is 1.95. The van der Waals surface area contributed by atoms with Crippen molar-refractivity contribution in [2.24, 2.45) is 0 Å². The summed E-state index contributed by atoms with van der Waals surface area (Å²) in [5.74, 6) is -0.285. The van der Waals surface area contributed by atoms with Gasteiger partial charge in [0.1, 0.15) is 0 Å². The van der Waals surface area contributed by atoms with E-state index in [1.54, 1.807) is 11.3 Å². The first-order valence-electron chi connectivity index (χ1n) is 6.27. The maximum atomic E-state index is 11.7. The molecule has 1 atom stereocenters. The van der Waals surface area contributed by atoms with E-state index in [4.69, 9.17) is 0 Å². The number of nitrogens with zero attached hydrogens (tertiary/aromatic N) is 2. The lowest BCUT2D eigenvalue weighted by molar-refractivity contribution is -0.137. The highest BCUT2D eigenvalue weighted by atomic mass is 32.1. The Kier molecular flexibility index (Phi) is 3.73. The predicted octanol–water partition coefficient (Wildman–Crippen LogP) is 1.29. The lowest BCUT2D eigenvalue weighted by atomic mass is 9.98. The summed E-state index contributed by atoms with van der Waals surface area (Å²) in [5.41, 5.74) is 0.965. The Bertz CT molecular complexity index is 504. The minimum Gasteiger partial charge on any atom is -0.300 e. The van der Waals surface area contributed by atoms with Gasteiger partial charge >= 0.3 is 0 Å². The molecule has 0 aliphatic carbocycles. The number of nitrogens with one attached hydrogen (secondary N) is 1. The summed E-state index contributed by atoms with van der Waals surface area (Å²) in [4.78, 5) is 28.9. The second kappa shape index (κ2) is 5.02. The van der Waals surface area contributed by atoms with Crippen molar-refractivity contribution in [3.8, 4) is 0 Å². The van der Waals surface area contributed by atoms with Crippen molar-refractivity contribution in [1.29, 1.82) is 0 Å². The highest BCUT2D eigenvalue weighted by molar-refractivity contribution is 7.09. The molecule has 19 heavy (non-hydrogen) atoms. The van der Waals surface area contributed by atoms with Gasteiger partial charge in [-0.2, -0.15) is 0 Å². The van der Waals surface area contributed by atoms with Crippen LogP contribution in [0.3, 0.4) is 0 Å². The average molecular weight is 281 g/mol. The van der Waals surface area contributed by atoms with E-state index in [1.807, 2.05) is 5.38 Å². The molecule has 1 aromatic rings. The second-order valence-electron chi connectivity index (χ2n) is 5.82. The van der Waals surface area contributed by atoms with Gasteiger partial charge in [-0.05, 0) is 0 Å². The van der Waals surface area contributed by atoms with Gasteiger partial charge in [-0.3, -0.25) is 19.8 Å². The van der Waals surface area contributed by atoms with Crippen LogP contribution in [0.1, 0.15) is 37.9 Å². The Morgan fingerprint density at radius 3 is 2.63 bits per heavy atom. The molecule has 6 heteroatoms. The first kappa shape index (κ1) is 14.1. The first-order chi connectivity index (χ1) is 8.79. The predicted molar refractivity (Wildman–Crippen MR) is 73.8 cm³/mol. The molecule has 0 aromatic carbocycles. The van der Waals surface area contributed by atoms with Crippen LogP contribution in [0.25, 0.3) is 0 Å². The van der Waals surface area contributed by atoms with E-state index >= 15 is 0 Å². The molecule has 1 aliphatic heterocycles. The second-order valence-corrected chi connectivity index (χ2v) is 6.68. The molecule has 5 nitrogen and oxygen atoms in total. The van der Waals surface area contributed by atoms with Gasteiger partial charge in [-0.1, -0.05) is 20.8 Å². The number of hydrogen-bond acceptors (Lipinski definition) is 5. The third-order valence-corrected chi connectivity index (χ3v) is 4.42. The lowest BCUT2D eigenvalue weighted by Gasteiger charge is -2.13. The van der Waals surface area contributed by atoms with Crippen LogP contribution >= 0.6 is 11.3 Å². The fourth-order valence-corrected chi connectivity index (χ4v) is 2.78. The van der Waals surface area contributed by atoms with Crippen LogP contribution in [0.4, 0.5) is 0 Å². The van der Waals surface area contributed by atoms with E-state index in [9.17, 15) is 9.59 Å². The van der Waals surface area contributed by atoms with E-state index in [-0.39, 0.29) is 23.7 Å². The van der Waals surface area contributed by atoms with E-state index in [0.717, 1.165) is 10.7 Å². The fourth-order valence-electron chi connectivity index (χ4n) is 1.88. The van der Waals surface area contributed by atoms with Crippen molar-refractivity contribution in [2.75, 3.05) is 7.05 Å². The maximum absolute atomic E-state index is 11.7. The van der Waals surface area contributed by atoms with Gasteiger partial charge in [0.15, 0.2) is 0 Å². The molecule has 1 fully saturated rings. The van der Waals surface area contributed by atoms with Crippen LogP contribution in [0.2, 0.25) is 0 Å².